The monoisotopic (exact) mass is 420 g/mol. The highest BCUT2D eigenvalue weighted by Gasteiger charge is 2.37. The van der Waals surface area contributed by atoms with Gasteiger partial charge >= 0.3 is 6.09 Å². The second-order valence-corrected chi connectivity index (χ2v) is 8.73. The Morgan fingerprint density at radius 2 is 1.90 bits per heavy atom. The van der Waals surface area contributed by atoms with Gasteiger partial charge in [-0.15, -0.1) is 0 Å². The number of ether oxygens (including phenoxy) is 1. The summed E-state index contributed by atoms with van der Waals surface area (Å²) in [5, 5.41) is 0. The quantitative estimate of drug-likeness (QED) is 0.558. The molecular weight excluding hydrogens is 388 g/mol. The van der Waals surface area contributed by atoms with Gasteiger partial charge in [-0.05, 0) is 67.7 Å². The van der Waals surface area contributed by atoms with Gasteiger partial charge in [0.1, 0.15) is 5.78 Å². The minimum atomic E-state index is -0.391. The lowest BCUT2D eigenvalue weighted by atomic mass is 9.70. The molecule has 1 aromatic heterocycles. The maximum atomic E-state index is 12.4. The van der Waals surface area contributed by atoms with Crippen LogP contribution in [0.3, 0.4) is 0 Å². The van der Waals surface area contributed by atoms with Gasteiger partial charge in [0, 0.05) is 43.0 Å². The van der Waals surface area contributed by atoms with E-state index in [4.69, 9.17) is 4.74 Å². The van der Waals surface area contributed by atoms with Gasteiger partial charge < -0.3 is 9.64 Å². The van der Waals surface area contributed by atoms with Crippen LogP contribution >= 0.6 is 0 Å². The number of carbonyl (C=O) groups excluding carboxylic acids is 2. The molecule has 0 aromatic carbocycles. The average Bonchev–Trinajstić information content (AvgIpc) is 3.17. The number of allylic oxidation sites excluding steroid dienone is 5. The molecule has 0 saturated heterocycles. The van der Waals surface area contributed by atoms with Crippen molar-refractivity contribution in [2.45, 2.75) is 51.9 Å². The average molecular weight is 421 g/mol. The van der Waals surface area contributed by atoms with Gasteiger partial charge in [-0.3, -0.25) is 9.36 Å². The molecule has 164 valence electrons. The largest absolute Gasteiger partial charge is 0.452 e. The first-order valence-corrected chi connectivity index (χ1v) is 11.4. The van der Waals surface area contributed by atoms with Crippen LogP contribution < -0.4 is 4.90 Å². The molecule has 0 bridgehead atoms. The Bertz CT molecular complexity index is 965. The number of nitrogens with zero attached hydrogens (tertiary/aromatic N) is 2. The minimum absolute atomic E-state index is 0.371. The van der Waals surface area contributed by atoms with E-state index < -0.39 is 6.09 Å². The molecule has 0 unspecified atom stereocenters. The van der Waals surface area contributed by atoms with Crippen LogP contribution in [0.1, 0.15) is 57.4 Å². The Balaban J connectivity index is 1.87. The number of aromatic nitrogens is 1. The predicted molar refractivity (Wildman–Crippen MR) is 124 cm³/mol. The summed E-state index contributed by atoms with van der Waals surface area (Å²) in [6.07, 6.45) is 18.2. The Kier molecular flexibility index (Phi) is 6.30. The zero-order chi connectivity index (χ0) is 22.0. The predicted octanol–water partition coefficient (Wildman–Crippen LogP) is 5.88. The highest BCUT2D eigenvalue weighted by atomic mass is 16.5. The van der Waals surface area contributed by atoms with E-state index in [1.165, 1.54) is 37.5 Å². The first kappa shape index (κ1) is 21.4. The van der Waals surface area contributed by atoms with E-state index in [1.807, 2.05) is 31.5 Å². The molecule has 2 aliphatic carbocycles. The number of methoxy groups -OCH3 is 1. The van der Waals surface area contributed by atoms with Crippen LogP contribution in [0.15, 0.2) is 54.5 Å². The first-order chi connectivity index (χ1) is 15.1. The molecule has 5 nitrogen and oxygen atoms in total. The number of carbonyl (C=O) groups is 2. The summed E-state index contributed by atoms with van der Waals surface area (Å²) in [5.41, 5.74) is 6.05. The molecule has 0 amide bonds. The number of hydrogen-bond donors (Lipinski definition) is 0. The summed E-state index contributed by atoms with van der Waals surface area (Å²) in [4.78, 5) is 26.6. The highest BCUT2D eigenvalue weighted by Crippen LogP contribution is 2.49. The lowest BCUT2D eigenvalue weighted by Crippen LogP contribution is -2.34. The molecule has 31 heavy (non-hydrogen) atoms. The third-order valence-electron chi connectivity index (χ3n) is 6.93. The number of rotatable bonds is 5. The van der Waals surface area contributed by atoms with Crippen LogP contribution in [0, 0.1) is 11.8 Å². The van der Waals surface area contributed by atoms with E-state index in [0.29, 0.717) is 30.5 Å². The molecule has 1 aromatic rings. The standard InChI is InChI=1S/C26H32N2O3/c1-4-7-20(8-5-2)28-16-22(18-9-6-10-18)25(19-11-13-21(29)14-12-19)23-15-27(17-24(23)28)26(30)31-3/h4-5,7-8,15,17-19H,1,6,9-14,16H2,2-3H3. The van der Waals surface area contributed by atoms with E-state index in [1.54, 1.807) is 10.6 Å². The number of fused-ring (bicyclic) bond motifs is 1. The first-order valence-electron chi connectivity index (χ1n) is 11.4. The van der Waals surface area contributed by atoms with Crippen molar-refractivity contribution in [2.24, 2.45) is 11.8 Å². The van der Waals surface area contributed by atoms with Gasteiger partial charge in [0.05, 0.1) is 12.8 Å². The summed E-state index contributed by atoms with van der Waals surface area (Å²) in [6, 6.07) is 0. The molecule has 2 fully saturated rings. The minimum Gasteiger partial charge on any atom is -0.452 e. The lowest BCUT2D eigenvalue weighted by Gasteiger charge is -2.41. The Morgan fingerprint density at radius 1 is 1.16 bits per heavy atom. The third kappa shape index (κ3) is 4.06. The second kappa shape index (κ2) is 9.13. The fraction of sp³-hybridized carbons (Fsp3) is 0.462. The Labute approximate surface area is 184 Å². The lowest BCUT2D eigenvalue weighted by molar-refractivity contribution is -0.120. The van der Waals surface area contributed by atoms with Gasteiger partial charge in [0.2, 0.25) is 0 Å². The van der Waals surface area contributed by atoms with Crippen molar-refractivity contribution in [3.63, 3.8) is 0 Å². The van der Waals surface area contributed by atoms with Crippen LogP contribution in [0.5, 0.6) is 0 Å². The number of Topliss-reactive ketones (excluding diaryl/α,β-unsaturated/α-hetero) is 1. The molecule has 1 aliphatic heterocycles. The maximum absolute atomic E-state index is 12.4. The summed E-state index contributed by atoms with van der Waals surface area (Å²) in [7, 11) is 1.41. The molecule has 0 spiro atoms. The van der Waals surface area contributed by atoms with Crippen LogP contribution in [0.2, 0.25) is 0 Å². The van der Waals surface area contributed by atoms with Crippen molar-refractivity contribution in [3.05, 3.63) is 60.1 Å². The number of anilines is 1. The Hall–Kier alpha value is -2.82. The maximum Gasteiger partial charge on any atom is 0.417 e. The van der Waals surface area contributed by atoms with Gasteiger partial charge in [0.15, 0.2) is 0 Å². The SMILES string of the molecule is C=CC=C(C=CC)N1CC(C2CCC2)=C(C2CCC(=O)CC2)c2cn(C(=O)OC)cc21. The van der Waals surface area contributed by atoms with Crippen molar-refractivity contribution in [2.75, 3.05) is 18.6 Å². The van der Waals surface area contributed by atoms with Gasteiger partial charge in [0.25, 0.3) is 0 Å². The second-order valence-electron chi connectivity index (χ2n) is 8.73. The van der Waals surface area contributed by atoms with Crippen molar-refractivity contribution >= 4 is 23.1 Å². The van der Waals surface area contributed by atoms with E-state index in [0.717, 1.165) is 36.3 Å². The zero-order valence-electron chi connectivity index (χ0n) is 18.6. The van der Waals surface area contributed by atoms with Gasteiger partial charge in [-0.1, -0.05) is 25.2 Å². The van der Waals surface area contributed by atoms with Gasteiger partial charge in [-0.2, -0.15) is 0 Å². The number of ketones is 1. The highest BCUT2D eigenvalue weighted by molar-refractivity contribution is 5.89. The summed E-state index contributed by atoms with van der Waals surface area (Å²) >= 11 is 0. The van der Waals surface area contributed by atoms with Crippen LogP contribution in [0.4, 0.5) is 10.5 Å². The molecular formula is C26H32N2O3. The van der Waals surface area contributed by atoms with E-state index >= 15 is 0 Å². The van der Waals surface area contributed by atoms with Crippen molar-refractivity contribution in [1.82, 2.24) is 4.57 Å². The van der Waals surface area contributed by atoms with Gasteiger partial charge in [-0.25, -0.2) is 4.79 Å². The van der Waals surface area contributed by atoms with Crippen molar-refractivity contribution in [1.29, 1.82) is 0 Å². The zero-order valence-corrected chi connectivity index (χ0v) is 18.6. The smallest absolute Gasteiger partial charge is 0.417 e. The van der Waals surface area contributed by atoms with Crippen molar-refractivity contribution in [3.8, 4) is 0 Å². The van der Waals surface area contributed by atoms with Crippen LogP contribution in [-0.4, -0.2) is 30.1 Å². The molecule has 0 radical (unpaired) electrons. The van der Waals surface area contributed by atoms with E-state index in [2.05, 4.69) is 17.6 Å². The Morgan fingerprint density at radius 3 is 2.48 bits per heavy atom. The molecule has 2 heterocycles. The van der Waals surface area contributed by atoms with Crippen molar-refractivity contribution < 1.29 is 14.3 Å². The van der Waals surface area contributed by atoms with E-state index in [9.17, 15) is 9.59 Å². The molecule has 4 rings (SSSR count). The molecule has 0 N–H and O–H groups in total. The normalized spacial score (nSPS) is 20.8. The summed E-state index contributed by atoms with van der Waals surface area (Å²) < 4.78 is 6.56. The summed E-state index contributed by atoms with van der Waals surface area (Å²) in [5.74, 6) is 1.33. The van der Waals surface area contributed by atoms with E-state index in [-0.39, 0.29) is 0 Å². The molecule has 3 aliphatic rings. The molecule has 0 atom stereocenters. The summed E-state index contributed by atoms with van der Waals surface area (Å²) in [6.45, 7) is 6.72. The fourth-order valence-corrected chi connectivity index (χ4v) is 5.16. The molecule has 5 heteroatoms. The third-order valence-corrected chi connectivity index (χ3v) is 6.93. The number of hydrogen-bond acceptors (Lipinski definition) is 4. The van der Waals surface area contributed by atoms with Crippen LogP contribution in [-0.2, 0) is 9.53 Å². The molecule has 2 saturated carbocycles. The topological polar surface area (TPSA) is 51.5 Å². The van der Waals surface area contributed by atoms with Crippen LogP contribution in [0.25, 0.3) is 5.57 Å². The fourth-order valence-electron chi connectivity index (χ4n) is 5.16.